The highest BCUT2D eigenvalue weighted by Crippen LogP contribution is 2.34. The molecular weight excluding hydrogens is 570 g/mol. The molecule has 10 heteroatoms. The SMILES string of the molecule is CC(C)(C)C(NC(=O)NC1(Cc2ccccc2)CCCCC1)C(=O)N1CCC[C@H]1C(=O)NC(CC1CC1)C(=O)C(N)=O.CCC. The van der Waals surface area contributed by atoms with Crippen LogP contribution in [-0.2, 0) is 25.6 Å². The van der Waals surface area contributed by atoms with Crippen molar-refractivity contribution in [3.05, 3.63) is 35.9 Å². The summed E-state index contributed by atoms with van der Waals surface area (Å²) in [7, 11) is 0. The number of nitrogens with two attached hydrogens (primary N) is 1. The molecule has 5 N–H and O–H groups in total. The minimum atomic E-state index is -1.08. The number of nitrogens with one attached hydrogen (secondary N) is 3. The fourth-order valence-electron chi connectivity index (χ4n) is 6.44. The van der Waals surface area contributed by atoms with Crippen LogP contribution >= 0.6 is 0 Å². The Morgan fingerprint density at radius 3 is 2.11 bits per heavy atom. The zero-order valence-corrected chi connectivity index (χ0v) is 28.0. The van der Waals surface area contributed by atoms with Crippen LogP contribution in [0.25, 0.3) is 0 Å². The molecule has 0 spiro atoms. The Bertz CT molecular complexity index is 1170. The van der Waals surface area contributed by atoms with E-state index < -0.39 is 52.7 Å². The van der Waals surface area contributed by atoms with Gasteiger partial charge in [-0.25, -0.2) is 4.79 Å². The van der Waals surface area contributed by atoms with Gasteiger partial charge in [-0.05, 0) is 55.4 Å². The van der Waals surface area contributed by atoms with Crippen LogP contribution in [0.2, 0.25) is 0 Å². The van der Waals surface area contributed by atoms with Crippen LogP contribution < -0.4 is 21.7 Å². The second kappa shape index (κ2) is 16.2. The molecular formula is C35H55N5O5. The number of hydrogen-bond donors (Lipinski definition) is 4. The molecule has 1 aliphatic heterocycles. The van der Waals surface area contributed by atoms with Crippen LogP contribution in [0.5, 0.6) is 0 Å². The number of benzene rings is 1. The van der Waals surface area contributed by atoms with Crippen molar-refractivity contribution in [2.75, 3.05) is 6.54 Å². The molecule has 2 unspecified atom stereocenters. The number of likely N-dealkylation sites (tertiary alicyclic amines) is 1. The smallest absolute Gasteiger partial charge is 0.315 e. The summed E-state index contributed by atoms with van der Waals surface area (Å²) in [4.78, 5) is 66.4. The lowest BCUT2D eigenvalue weighted by molar-refractivity contribution is -0.143. The molecule has 0 aromatic heterocycles. The quantitative estimate of drug-likeness (QED) is 0.269. The molecule has 45 heavy (non-hydrogen) atoms. The number of rotatable bonds is 11. The molecule has 3 atom stereocenters. The number of nitrogens with zero attached hydrogens (tertiary/aromatic N) is 1. The van der Waals surface area contributed by atoms with Crippen molar-refractivity contribution in [1.82, 2.24) is 20.9 Å². The number of primary amides is 1. The van der Waals surface area contributed by atoms with Gasteiger partial charge >= 0.3 is 6.03 Å². The minimum Gasteiger partial charge on any atom is -0.363 e. The molecule has 3 aliphatic rings. The Labute approximate surface area is 269 Å². The van der Waals surface area contributed by atoms with Crippen molar-refractivity contribution in [3.8, 4) is 0 Å². The number of amides is 5. The van der Waals surface area contributed by atoms with Gasteiger partial charge in [0.15, 0.2) is 0 Å². The zero-order chi connectivity index (χ0) is 33.2. The van der Waals surface area contributed by atoms with Crippen LogP contribution in [0.15, 0.2) is 30.3 Å². The molecule has 3 fully saturated rings. The lowest BCUT2D eigenvalue weighted by atomic mass is 9.77. The first-order valence-electron chi connectivity index (χ1n) is 16.9. The summed E-state index contributed by atoms with van der Waals surface area (Å²) < 4.78 is 0. The second-order valence-electron chi connectivity index (χ2n) is 14.3. The highest BCUT2D eigenvalue weighted by atomic mass is 16.2. The van der Waals surface area contributed by atoms with E-state index >= 15 is 0 Å². The van der Waals surface area contributed by atoms with Gasteiger partial charge in [0.05, 0.1) is 6.04 Å². The fraction of sp³-hybridized carbons (Fsp3) is 0.686. The molecule has 4 rings (SSSR count). The molecule has 250 valence electrons. The lowest BCUT2D eigenvalue weighted by Crippen LogP contribution is -2.62. The van der Waals surface area contributed by atoms with Gasteiger partial charge in [-0.2, -0.15) is 0 Å². The van der Waals surface area contributed by atoms with Crippen LogP contribution in [-0.4, -0.2) is 64.6 Å². The van der Waals surface area contributed by atoms with Gasteiger partial charge < -0.3 is 26.6 Å². The Balaban J connectivity index is 0.00000177. The van der Waals surface area contributed by atoms with E-state index in [0.717, 1.165) is 56.9 Å². The summed E-state index contributed by atoms with van der Waals surface area (Å²) in [5.41, 5.74) is 5.37. The first-order chi connectivity index (χ1) is 21.3. The molecule has 2 aliphatic carbocycles. The van der Waals surface area contributed by atoms with Crippen molar-refractivity contribution in [2.45, 2.75) is 135 Å². The Hall–Kier alpha value is -3.43. The summed E-state index contributed by atoms with van der Waals surface area (Å²) in [5, 5.41) is 8.94. The molecule has 0 bridgehead atoms. The standard InChI is InChI=1S/C32H47N5O5.C3H8/c1-31(2,3)26(35-30(42)36-32(16-8-5-9-17-32)20-22-11-6-4-7-12-22)29(41)37-18-10-13-24(37)28(40)34-23(19-21-14-15-21)25(38)27(33)39;1-3-2/h4,6-7,11-12,21,23-24,26H,5,8-10,13-20H2,1-3H3,(H2,33,39)(H,34,40)(H2,35,36,42);3H2,1-2H3/t23?,24-,26?;/m0./s1. The number of carbonyl (C=O) groups excluding carboxylic acids is 5. The molecule has 5 amide bonds. The van der Waals surface area contributed by atoms with E-state index in [4.69, 9.17) is 5.73 Å². The maximum absolute atomic E-state index is 14.0. The van der Waals surface area contributed by atoms with Crippen molar-refractivity contribution in [2.24, 2.45) is 17.1 Å². The van der Waals surface area contributed by atoms with Gasteiger partial charge in [-0.15, -0.1) is 0 Å². The topological polar surface area (TPSA) is 151 Å². The summed E-state index contributed by atoms with van der Waals surface area (Å²) >= 11 is 0. The second-order valence-corrected chi connectivity index (χ2v) is 14.3. The number of hydrogen-bond acceptors (Lipinski definition) is 5. The minimum absolute atomic E-state index is 0.280. The summed E-state index contributed by atoms with van der Waals surface area (Å²) in [6.07, 6.45) is 10.2. The zero-order valence-electron chi connectivity index (χ0n) is 28.0. The number of carbonyl (C=O) groups is 5. The summed E-state index contributed by atoms with van der Waals surface area (Å²) in [6.45, 7) is 10.3. The molecule has 1 heterocycles. The van der Waals surface area contributed by atoms with E-state index in [2.05, 4.69) is 41.9 Å². The van der Waals surface area contributed by atoms with Crippen LogP contribution in [0.1, 0.15) is 111 Å². The van der Waals surface area contributed by atoms with Crippen LogP contribution in [0.4, 0.5) is 4.79 Å². The van der Waals surface area contributed by atoms with E-state index in [0.29, 0.717) is 25.8 Å². The Kier molecular flexibility index (Phi) is 13.0. The third-order valence-corrected chi connectivity index (χ3v) is 8.94. The van der Waals surface area contributed by atoms with Gasteiger partial charge in [-0.3, -0.25) is 19.2 Å². The molecule has 1 saturated heterocycles. The van der Waals surface area contributed by atoms with Crippen molar-refractivity contribution < 1.29 is 24.0 Å². The van der Waals surface area contributed by atoms with E-state index in [1.165, 1.54) is 11.3 Å². The first-order valence-corrected chi connectivity index (χ1v) is 16.9. The summed E-state index contributed by atoms with van der Waals surface area (Å²) in [5.74, 6) is -2.42. The molecule has 0 radical (unpaired) electrons. The average Bonchev–Trinajstić information content (AvgIpc) is 3.66. The number of urea groups is 1. The van der Waals surface area contributed by atoms with Crippen molar-refractivity contribution in [3.63, 3.8) is 0 Å². The monoisotopic (exact) mass is 625 g/mol. The molecule has 1 aromatic carbocycles. The van der Waals surface area contributed by atoms with Crippen LogP contribution in [0, 0.1) is 11.3 Å². The molecule has 1 aromatic rings. The largest absolute Gasteiger partial charge is 0.363 e. The van der Waals surface area contributed by atoms with Gasteiger partial charge in [0.1, 0.15) is 12.1 Å². The van der Waals surface area contributed by atoms with E-state index in [1.807, 2.05) is 39.0 Å². The van der Waals surface area contributed by atoms with Crippen molar-refractivity contribution >= 4 is 29.5 Å². The predicted molar refractivity (Wildman–Crippen MR) is 175 cm³/mol. The van der Waals surface area contributed by atoms with Gasteiger partial charge in [0, 0.05) is 12.1 Å². The van der Waals surface area contributed by atoms with Crippen LogP contribution in [0.3, 0.4) is 0 Å². The highest BCUT2D eigenvalue weighted by molar-refractivity contribution is 6.37. The molecule has 2 saturated carbocycles. The fourth-order valence-corrected chi connectivity index (χ4v) is 6.44. The van der Waals surface area contributed by atoms with Gasteiger partial charge in [-0.1, -0.05) is 103 Å². The van der Waals surface area contributed by atoms with Crippen molar-refractivity contribution in [1.29, 1.82) is 0 Å². The first kappa shape index (κ1) is 36.0. The van der Waals surface area contributed by atoms with Gasteiger partial charge in [0.25, 0.3) is 5.91 Å². The van der Waals surface area contributed by atoms with E-state index in [-0.39, 0.29) is 11.8 Å². The average molecular weight is 626 g/mol. The Morgan fingerprint density at radius 2 is 1.56 bits per heavy atom. The third-order valence-electron chi connectivity index (χ3n) is 8.94. The van der Waals surface area contributed by atoms with Gasteiger partial charge in [0.2, 0.25) is 17.6 Å². The maximum atomic E-state index is 14.0. The number of Topliss-reactive ketones (excluding diaryl/α,β-unsaturated/α-hetero) is 1. The van der Waals surface area contributed by atoms with E-state index in [1.54, 1.807) is 0 Å². The van der Waals surface area contributed by atoms with E-state index in [9.17, 15) is 24.0 Å². The summed E-state index contributed by atoms with van der Waals surface area (Å²) in [6, 6.07) is 7.07. The molecule has 10 nitrogen and oxygen atoms in total. The lowest BCUT2D eigenvalue weighted by Gasteiger charge is -2.40. The normalized spacial score (nSPS) is 20.6. The third kappa shape index (κ3) is 10.6. The number of ketones is 1. The predicted octanol–water partition coefficient (Wildman–Crippen LogP) is 4.39. The highest BCUT2D eigenvalue weighted by Gasteiger charge is 2.44. The Morgan fingerprint density at radius 1 is 0.933 bits per heavy atom. The maximum Gasteiger partial charge on any atom is 0.315 e.